The number of nitrogens with one attached hydrogen (secondary N) is 2. The zero-order valence-electron chi connectivity index (χ0n) is 23.9. The first-order chi connectivity index (χ1) is 21.5. The molecular formula is C33H34N6O5. The SMILES string of the molecule is O=C(NCCc1ccccc1)c1nc(NCC(c2ccccc2)c2ccccc2)c2ncn(C3OC(CO)C(O)C3O)c2n1. The lowest BCUT2D eigenvalue weighted by Gasteiger charge is -2.20. The highest BCUT2D eigenvalue weighted by atomic mass is 16.6. The van der Waals surface area contributed by atoms with Crippen LogP contribution in [0, 0.1) is 0 Å². The van der Waals surface area contributed by atoms with Crippen LogP contribution in [0.25, 0.3) is 11.2 Å². The van der Waals surface area contributed by atoms with E-state index in [1.165, 1.54) is 10.9 Å². The Hall–Kier alpha value is -4.68. The number of rotatable bonds is 11. The first-order valence-electron chi connectivity index (χ1n) is 14.6. The molecule has 3 aromatic carbocycles. The zero-order valence-corrected chi connectivity index (χ0v) is 23.9. The van der Waals surface area contributed by atoms with Crippen molar-refractivity contribution in [2.75, 3.05) is 25.0 Å². The maximum absolute atomic E-state index is 13.3. The average molecular weight is 595 g/mol. The van der Waals surface area contributed by atoms with Crippen LogP contribution in [0.3, 0.4) is 0 Å². The van der Waals surface area contributed by atoms with Crippen molar-refractivity contribution < 1.29 is 24.9 Å². The molecule has 0 aliphatic carbocycles. The van der Waals surface area contributed by atoms with Gasteiger partial charge < -0.3 is 30.7 Å². The number of benzene rings is 3. The van der Waals surface area contributed by atoms with E-state index in [1.807, 2.05) is 66.7 Å². The number of hydrogen-bond acceptors (Lipinski definition) is 9. The molecule has 6 rings (SSSR count). The second kappa shape index (κ2) is 13.3. The Morgan fingerprint density at radius 2 is 1.52 bits per heavy atom. The molecule has 44 heavy (non-hydrogen) atoms. The highest BCUT2D eigenvalue weighted by Crippen LogP contribution is 2.33. The fraction of sp³-hybridized carbons (Fsp3) is 0.273. The van der Waals surface area contributed by atoms with Crippen LogP contribution in [0.15, 0.2) is 97.3 Å². The molecule has 1 saturated heterocycles. The first kappa shape index (κ1) is 29.4. The van der Waals surface area contributed by atoms with E-state index < -0.39 is 37.1 Å². The van der Waals surface area contributed by atoms with Crippen molar-refractivity contribution in [1.82, 2.24) is 24.8 Å². The van der Waals surface area contributed by atoms with Crippen LogP contribution in [0.1, 0.15) is 39.5 Å². The summed E-state index contributed by atoms with van der Waals surface area (Å²) in [6.45, 7) is 0.347. The standard InChI is InChI=1S/C33H34N6O5/c40-19-25-27(41)28(42)33(44-25)39-20-36-26-29(35-18-24(22-12-6-2-7-13-22)23-14-8-3-9-15-23)37-30(38-31(26)39)32(43)34-17-16-21-10-4-1-5-11-21/h1-15,20,24-25,27-28,33,40-42H,16-19H2,(H,34,43)(H,35,37,38). The van der Waals surface area contributed by atoms with E-state index in [0.29, 0.717) is 30.8 Å². The lowest BCUT2D eigenvalue weighted by molar-refractivity contribution is -0.0511. The number of nitrogens with zero attached hydrogens (tertiary/aromatic N) is 4. The summed E-state index contributed by atoms with van der Waals surface area (Å²) in [4.78, 5) is 27.0. The maximum atomic E-state index is 13.3. The topological polar surface area (TPSA) is 155 Å². The van der Waals surface area contributed by atoms with E-state index in [2.05, 4.69) is 49.9 Å². The third-order valence-electron chi connectivity index (χ3n) is 7.84. The van der Waals surface area contributed by atoms with E-state index in [-0.39, 0.29) is 17.4 Å². The zero-order chi connectivity index (χ0) is 30.5. The van der Waals surface area contributed by atoms with Crippen molar-refractivity contribution in [3.63, 3.8) is 0 Å². The molecule has 0 saturated carbocycles. The van der Waals surface area contributed by atoms with Gasteiger partial charge in [-0.15, -0.1) is 0 Å². The van der Waals surface area contributed by atoms with Crippen LogP contribution in [0.4, 0.5) is 5.82 Å². The van der Waals surface area contributed by atoms with Gasteiger partial charge in [0.25, 0.3) is 5.91 Å². The number of imidazole rings is 1. The molecule has 226 valence electrons. The third-order valence-corrected chi connectivity index (χ3v) is 7.84. The van der Waals surface area contributed by atoms with Crippen molar-refractivity contribution in [1.29, 1.82) is 0 Å². The summed E-state index contributed by atoms with van der Waals surface area (Å²) in [5.41, 5.74) is 3.90. The predicted molar refractivity (Wildman–Crippen MR) is 164 cm³/mol. The molecule has 1 fully saturated rings. The molecule has 0 bridgehead atoms. The van der Waals surface area contributed by atoms with Crippen LogP contribution in [-0.4, -0.2) is 78.8 Å². The van der Waals surface area contributed by atoms with Gasteiger partial charge >= 0.3 is 0 Å². The monoisotopic (exact) mass is 594 g/mol. The van der Waals surface area contributed by atoms with Gasteiger partial charge in [0.05, 0.1) is 12.9 Å². The number of fused-ring (bicyclic) bond motifs is 1. The van der Waals surface area contributed by atoms with Gasteiger partial charge in [0.15, 0.2) is 23.2 Å². The van der Waals surface area contributed by atoms with Crippen LogP contribution in [0.2, 0.25) is 0 Å². The minimum absolute atomic E-state index is 0.0342. The maximum Gasteiger partial charge on any atom is 0.289 e. The minimum atomic E-state index is -1.35. The predicted octanol–water partition coefficient (Wildman–Crippen LogP) is 2.65. The normalized spacial score (nSPS) is 19.8. The largest absolute Gasteiger partial charge is 0.394 e. The van der Waals surface area contributed by atoms with E-state index in [4.69, 9.17) is 4.74 Å². The number of aromatic nitrogens is 4. The highest BCUT2D eigenvalue weighted by Gasteiger charge is 2.44. The number of hydrogen-bond donors (Lipinski definition) is 5. The van der Waals surface area contributed by atoms with Crippen molar-refractivity contribution >= 4 is 22.9 Å². The summed E-state index contributed by atoms with van der Waals surface area (Å²) >= 11 is 0. The van der Waals surface area contributed by atoms with Gasteiger partial charge in [-0.05, 0) is 23.1 Å². The van der Waals surface area contributed by atoms with Crippen molar-refractivity contribution in [2.45, 2.75) is 36.9 Å². The summed E-state index contributed by atoms with van der Waals surface area (Å²) in [5, 5.41) is 37.0. The van der Waals surface area contributed by atoms with Crippen LogP contribution in [0.5, 0.6) is 0 Å². The molecule has 11 heteroatoms. The molecule has 4 atom stereocenters. The van der Waals surface area contributed by atoms with Gasteiger partial charge in [0.2, 0.25) is 5.82 Å². The van der Waals surface area contributed by atoms with Crippen LogP contribution in [-0.2, 0) is 11.2 Å². The van der Waals surface area contributed by atoms with Gasteiger partial charge in [-0.1, -0.05) is 91.0 Å². The Balaban J connectivity index is 1.33. The number of carbonyl (C=O) groups excluding carboxylic acids is 1. The van der Waals surface area contributed by atoms with Gasteiger partial charge in [0.1, 0.15) is 18.3 Å². The smallest absolute Gasteiger partial charge is 0.289 e. The fourth-order valence-corrected chi connectivity index (χ4v) is 5.48. The van der Waals surface area contributed by atoms with Crippen molar-refractivity contribution in [2.24, 2.45) is 0 Å². The highest BCUT2D eigenvalue weighted by molar-refractivity contribution is 5.94. The second-order valence-electron chi connectivity index (χ2n) is 10.7. The van der Waals surface area contributed by atoms with E-state index in [0.717, 1.165) is 16.7 Å². The molecular weight excluding hydrogens is 560 g/mol. The van der Waals surface area contributed by atoms with Crippen molar-refractivity contribution in [3.8, 4) is 0 Å². The fourth-order valence-electron chi connectivity index (χ4n) is 5.48. The molecule has 1 amide bonds. The minimum Gasteiger partial charge on any atom is -0.394 e. The first-order valence-corrected chi connectivity index (χ1v) is 14.6. The molecule has 5 N–H and O–H groups in total. The number of aliphatic hydroxyl groups is 3. The van der Waals surface area contributed by atoms with Crippen LogP contribution < -0.4 is 10.6 Å². The summed E-state index contributed by atoms with van der Waals surface area (Å²) in [6, 6.07) is 30.0. The number of carbonyl (C=O) groups is 1. The molecule has 5 aromatic rings. The summed E-state index contributed by atoms with van der Waals surface area (Å²) in [6.07, 6.45) is -2.65. The number of ether oxygens (including phenoxy) is 1. The number of anilines is 1. The van der Waals surface area contributed by atoms with Crippen LogP contribution >= 0.6 is 0 Å². The molecule has 3 heterocycles. The molecule has 4 unspecified atom stereocenters. The molecule has 1 aliphatic heterocycles. The molecule has 0 radical (unpaired) electrons. The van der Waals surface area contributed by atoms with Gasteiger partial charge in [-0.2, -0.15) is 0 Å². The quantitative estimate of drug-likeness (QED) is 0.155. The van der Waals surface area contributed by atoms with Gasteiger partial charge in [-0.25, -0.2) is 15.0 Å². The molecule has 0 spiro atoms. The lowest BCUT2D eigenvalue weighted by atomic mass is 9.91. The Bertz CT molecular complexity index is 1650. The lowest BCUT2D eigenvalue weighted by Crippen LogP contribution is -2.33. The summed E-state index contributed by atoms with van der Waals surface area (Å²) in [7, 11) is 0. The average Bonchev–Trinajstić information content (AvgIpc) is 3.62. The molecule has 2 aromatic heterocycles. The second-order valence-corrected chi connectivity index (χ2v) is 10.7. The van der Waals surface area contributed by atoms with Gasteiger partial charge in [-0.3, -0.25) is 9.36 Å². The van der Waals surface area contributed by atoms with Gasteiger partial charge in [0, 0.05) is 19.0 Å². The molecule has 11 nitrogen and oxygen atoms in total. The molecule has 1 aliphatic rings. The third kappa shape index (κ3) is 6.17. The van der Waals surface area contributed by atoms with E-state index in [9.17, 15) is 20.1 Å². The van der Waals surface area contributed by atoms with Crippen molar-refractivity contribution in [3.05, 3.63) is 120 Å². The number of amides is 1. The Morgan fingerprint density at radius 1 is 0.886 bits per heavy atom. The number of aliphatic hydroxyl groups excluding tert-OH is 3. The van der Waals surface area contributed by atoms with E-state index >= 15 is 0 Å². The van der Waals surface area contributed by atoms with E-state index in [1.54, 1.807) is 0 Å². The Kier molecular flexibility index (Phi) is 8.89. The Labute approximate surface area is 254 Å². The summed E-state index contributed by atoms with van der Waals surface area (Å²) in [5.74, 6) is -0.251. The Morgan fingerprint density at radius 3 is 2.14 bits per heavy atom. The summed E-state index contributed by atoms with van der Waals surface area (Å²) < 4.78 is 7.20.